The van der Waals surface area contributed by atoms with E-state index in [0.717, 1.165) is 23.6 Å². The second-order valence-electron chi connectivity index (χ2n) is 3.92. The SMILES string of the molecule is Clc1ccc2c(c1)CCC2=CC1=CN=[C+]N1. The minimum absolute atomic E-state index is 0.815. The third-order valence-corrected chi connectivity index (χ3v) is 3.11. The molecular weight excluding hydrogens is 220 g/mol. The molecule has 78 valence electrons. The summed E-state index contributed by atoms with van der Waals surface area (Å²) in [6, 6.07) is 6.09. The van der Waals surface area contributed by atoms with Gasteiger partial charge in [-0.1, -0.05) is 17.7 Å². The van der Waals surface area contributed by atoms with E-state index in [1.165, 1.54) is 16.7 Å². The van der Waals surface area contributed by atoms with Crippen molar-refractivity contribution >= 4 is 23.5 Å². The van der Waals surface area contributed by atoms with Gasteiger partial charge >= 0.3 is 0 Å². The molecular formula is C13H10ClN2+. The Labute approximate surface area is 99.3 Å². The fourth-order valence-electron chi connectivity index (χ4n) is 2.13. The van der Waals surface area contributed by atoms with Crippen molar-refractivity contribution in [3.63, 3.8) is 0 Å². The van der Waals surface area contributed by atoms with E-state index in [4.69, 9.17) is 11.6 Å². The summed E-state index contributed by atoms with van der Waals surface area (Å²) in [6.07, 6.45) is 8.74. The van der Waals surface area contributed by atoms with Gasteiger partial charge < -0.3 is 0 Å². The molecule has 16 heavy (non-hydrogen) atoms. The molecule has 1 N–H and O–H groups in total. The predicted molar refractivity (Wildman–Crippen MR) is 66.4 cm³/mol. The average molecular weight is 230 g/mol. The van der Waals surface area contributed by atoms with Gasteiger partial charge in [0, 0.05) is 11.1 Å². The Morgan fingerprint density at radius 2 is 2.31 bits per heavy atom. The number of allylic oxidation sites excluding steroid dienone is 2. The zero-order valence-electron chi connectivity index (χ0n) is 8.63. The maximum Gasteiger partial charge on any atom is 0.253 e. The number of aliphatic imine (C=N–C) groups is 1. The molecule has 3 heteroatoms. The lowest BCUT2D eigenvalue weighted by Crippen LogP contribution is -2.03. The van der Waals surface area contributed by atoms with Crippen molar-refractivity contribution < 1.29 is 0 Å². The normalized spacial score (nSPS) is 19.3. The zero-order chi connectivity index (χ0) is 11.0. The Morgan fingerprint density at radius 3 is 3.12 bits per heavy atom. The second kappa shape index (κ2) is 3.75. The fourth-order valence-corrected chi connectivity index (χ4v) is 2.32. The molecule has 0 radical (unpaired) electrons. The number of nitrogens with one attached hydrogen (secondary N) is 1. The number of benzene rings is 1. The highest BCUT2D eigenvalue weighted by Gasteiger charge is 2.19. The molecule has 0 aromatic heterocycles. The molecule has 0 saturated heterocycles. The van der Waals surface area contributed by atoms with Gasteiger partial charge in [-0.2, -0.15) is 5.32 Å². The van der Waals surface area contributed by atoms with Crippen LogP contribution in [0.1, 0.15) is 17.5 Å². The molecule has 3 rings (SSSR count). The number of halogens is 1. The van der Waals surface area contributed by atoms with Crippen molar-refractivity contribution in [2.45, 2.75) is 12.8 Å². The first kappa shape index (κ1) is 9.59. The Bertz CT molecular complexity index is 527. The first-order chi connectivity index (χ1) is 7.83. The fraction of sp³-hybridized carbons (Fsp3) is 0.154. The van der Waals surface area contributed by atoms with Crippen molar-refractivity contribution in [3.05, 3.63) is 52.3 Å². The summed E-state index contributed by atoms with van der Waals surface area (Å²) < 4.78 is 0. The summed E-state index contributed by atoms with van der Waals surface area (Å²) >= 11 is 5.97. The van der Waals surface area contributed by atoms with Crippen molar-refractivity contribution in [1.82, 2.24) is 5.32 Å². The van der Waals surface area contributed by atoms with Gasteiger partial charge in [-0.15, -0.1) is 0 Å². The lowest BCUT2D eigenvalue weighted by atomic mass is 10.1. The van der Waals surface area contributed by atoms with Crippen LogP contribution in [0.5, 0.6) is 0 Å². The molecule has 1 aliphatic carbocycles. The highest BCUT2D eigenvalue weighted by atomic mass is 35.5. The summed E-state index contributed by atoms with van der Waals surface area (Å²) in [5.41, 5.74) is 4.98. The summed E-state index contributed by atoms with van der Waals surface area (Å²) in [5, 5.41) is 3.78. The van der Waals surface area contributed by atoms with E-state index in [2.05, 4.69) is 34.9 Å². The summed E-state index contributed by atoms with van der Waals surface area (Å²) in [6.45, 7) is 0. The van der Waals surface area contributed by atoms with E-state index in [1.54, 1.807) is 6.20 Å². The molecule has 1 heterocycles. The molecule has 0 unspecified atom stereocenters. The van der Waals surface area contributed by atoms with Gasteiger partial charge in [0.2, 0.25) is 11.9 Å². The van der Waals surface area contributed by atoms with E-state index < -0.39 is 0 Å². The van der Waals surface area contributed by atoms with Crippen molar-refractivity contribution in [2.75, 3.05) is 0 Å². The first-order valence-electron chi connectivity index (χ1n) is 5.23. The van der Waals surface area contributed by atoms with Gasteiger partial charge in [0.25, 0.3) is 6.34 Å². The monoisotopic (exact) mass is 229 g/mol. The third-order valence-electron chi connectivity index (χ3n) is 2.88. The van der Waals surface area contributed by atoms with Gasteiger partial charge in [-0.25, -0.2) is 0 Å². The second-order valence-corrected chi connectivity index (χ2v) is 4.36. The highest BCUT2D eigenvalue weighted by molar-refractivity contribution is 6.30. The Morgan fingerprint density at radius 1 is 1.38 bits per heavy atom. The smallest absolute Gasteiger partial charge is 0.178 e. The van der Waals surface area contributed by atoms with Crippen LogP contribution in [0.15, 0.2) is 41.2 Å². The molecule has 1 aliphatic heterocycles. The van der Waals surface area contributed by atoms with Gasteiger partial charge in [-0.3, -0.25) is 0 Å². The van der Waals surface area contributed by atoms with E-state index >= 15 is 0 Å². The van der Waals surface area contributed by atoms with Crippen LogP contribution in [-0.2, 0) is 6.42 Å². The Kier molecular flexibility index (Phi) is 2.24. The first-order valence-corrected chi connectivity index (χ1v) is 5.61. The number of hydrogen-bond acceptors (Lipinski definition) is 2. The van der Waals surface area contributed by atoms with Gasteiger partial charge in [0.1, 0.15) is 0 Å². The molecule has 0 bridgehead atoms. The van der Waals surface area contributed by atoms with Gasteiger partial charge in [0.15, 0.2) is 0 Å². The molecule has 0 saturated carbocycles. The van der Waals surface area contributed by atoms with Gasteiger partial charge in [0.05, 0.1) is 0 Å². The van der Waals surface area contributed by atoms with Crippen LogP contribution in [0.25, 0.3) is 5.57 Å². The largest absolute Gasteiger partial charge is 0.253 e. The molecule has 0 atom stereocenters. The van der Waals surface area contributed by atoms with E-state index in [9.17, 15) is 0 Å². The third kappa shape index (κ3) is 1.63. The van der Waals surface area contributed by atoms with Crippen LogP contribution >= 0.6 is 11.6 Å². The maximum absolute atomic E-state index is 5.97. The summed E-state index contributed by atoms with van der Waals surface area (Å²) in [7, 11) is 0. The van der Waals surface area contributed by atoms with Crippen LogP contribution in [0.3, 0.4) is 0 Å². The van der Waals surface area contributed by atoms with Crippen LogP contribution in [0, 0.1) is 0 Å². The molecule has 1 aromatic rings. The number of aryl methyl sites for hydroxylation is 1. The molecule has 0 amide bonds. The Hall–Kier alpha value is -1.63. The minimum Gasteiger partial charge on any atom is -0.178 e. The quantitative estimate of drug-likeness (QED) is 0.736. The van der Waals surface area contributed by atoms with Crippen LogP contribution in [0.4, 0.5) is 0 Å². The van der Waals surface area contributed by atoms with Crippen LogP contribution < -0.4 is 5.32 Å². The number of hydrogen-bond donors (Lipinski definition) is 1. The zero-order valence-corrected chi connectivity index (χ0v) is 9.38. The predicted octanol–water partition coefficient (Wildman–Crippen LogP) is 3.02. The maximum atomic E-state index is 5.97. The van der Waals surface area contributed by atoms with Crippen molar-refractivity contribution in [3.8, 4) is 0 Å². The standard InChI is InChI=1S/C13H10ClN2/c14-11-3-4-13-9(5-11)1-2-10(13)6-12-7-15-8-16-12/h3-7H,1-2H2,(H,15,16)/q+1. The molecule has 1 aromatic carbocycles. The lowest BCUT2D eigenvalue weighted by molar-refractivity contribution is 1.08. The topological polar surface area (TPSA) is 24.4 Å². The van der Waals surface area contributed by atoms with Gasteiger partial charge in [-0.05, 0) is 46.7 Å². The molecule has 2 nitrogen and oxygen atoms in total. The molecule has 2 aliphatic rings. The van der Waals surface area contributed by atoms with E-state index in [1.807, 2.05) is 6.07 Å². The minimum atomic E-state index is 0.815. The van der Waals surface area contributed by atoms with Crippen molar-refractivity contribution in [2.24, 2.45) is 4.99 Å². The number of rotatable bonds is 1. The number of fused-ring (bicyclic) bond motifs is 1. The Balaban J connectivity index is 1.97. The molecule has 0 spiro atoms. The highest BCUT2D eigenvalue weighted by Crippen LogP contribution is 2.34. The summed E-state index contributed by atoms with van der Waals surface area (Å²) in [5.74, 6) is 0. The number of nitrogens with zero attached hydrogens (tertiary/aromatic N) is 1. The summed E-state index contributed by atoms with van der Waals surface area (Å²) in [4.78, 5) is 3.89. The van der Waals surface area contributed by atoms with E-state index in [-0.39, 0.29) is 0 Å². The van der Waals surface area contributed by atoms with E-state index in [0.29, 0.717) is 0 Å². The van der Waals surface area contributed by atoms with Crippen LogP contribution in [0.2, 0.25) is 5.02 Å². The average Bonchev–Trinajstić information content (AvgIpc) is 2.89. The van der Waals surface area contributed by atoms with Crippen molar-refractivity contribution in [1.29, 1.82) is 0 Å². The molecule has 0 fully saturated rings. The lowest BCUT2D eigenvalue weighted by Gasteiger charge is -1.99. The van der Waals surface area contributed by atoms with Crippen LogP contribution in [-0.4, -0.2) is 6.34 Å².